The van der Waals surface area contributed by atoms with Gasteiger partial charge in [-0.15, -0.1) is 0 Å². The summed E-state index contributed by atoms with van der Waals surface area (Å²) in [5.74, 6) is 0.568. The van der Waals surface area contributed by atoms with Gasteiger partial charge in [-0.3, -0.25) is 0 Å². The van der Waals surface area contributed by atoms with Gasteiger partial charge in [0.1, 0.15) is 6.07 Å². The molecule has 1 N–H and O–H groups in total. The van der Waals surface area contributed by atoms with Gasteiger partial charge in [-0.25, -0.2) is 0 Å². The number of halogens is 3. The van der Waals surface area contributed by atoms with Gasteiger partial charge in [-0.1, -0.05) is 13.8 Å². The maximum absolute atomic E-state index is 12.5. The summed E-state index contributed by atoms with van der Waals surface area (Å²) in [4.78, 5) is 0. The molecule has 1 aromatic carbocycles. The number of hydrogen-bond donors (Lipinski definition) is 1. The average molecular weight is 300 g/mol. The Morgan fingerprint density at radius 2 is 2.00 bits per heavy atom. The van der Waals surface area contributed by atoms with Gasteiger partial charge in [0.15, 0.2) is 0 Å². The fourth-order valence-corrected chi connectivity index (χ4v) is 1.65. The Morgan fingerprint density at radius 3 is 2.57 bits per heavy atom. The van der Waals surface area contributed by atoms with E-state index in [0.29, 0.717) is 31.4 Å². The molecule has 1 aromatic rings. The molecule has 0 spiro atoms. The molecule has 0 saturated carbocycles. The normalized spacial score (nSPS) is 11.5. The molecule has 0 fully saturated rings. The van der Waals surface area contributed by atoms with E-state index in [1.807, 2.05) is 0 Å². The van der Waals surface area contributed by atoms with Gasteiger partial charge in [0.25, 0.3) is 0 Å². The molecule has 0 unspecified atom stereocenters. The van der Waals surface area contributed by atoms with Gasteiger partial charge in [-0.05, 0) is 30.5 Å². The van der Waals surface area contributed by atoms with Crippen molar-refractivity contribution in [2.45, 2.75) is 26.4 Å². The summed E-state index contributed by atoms with van der Waals surface area (Å²) in [7, 11) is 0. The van der Waals surface area contributed by atoms with E-state index in [4.69, 9.17) is 10.00 Å². The van der Waals surface area contributed by atoms with Crippen molar-refractivity contribution in [2.24, 2.45) is 5.92 Å². The topological polar surface area (TPSA) is 45.0 Å². The average Bonchev–Trinajstić information content (AvgIpc) is 2.41. The Balaban J connectivity index is 2.51. The molecule has 6 heteroatoms. The first kappa shape index (κ1) is 17.3. The van der Waals surface area contributed by atoms with Crippen molar-refractivity contribution in [1.29, 1.82) is 5.26 Å². The molecule has 21 heavy (non-hydrogen) atoms. The Hall–Kier alpha value is -1.74. The summed E-state index contributed by atoms with van der Waals surface area (Å²) in [5, 5.41) is 11.8. The first-order chi connectivity index (χ1) is 9.84. The number of anilines is 1. The minimum atomic E-state index is -4.44. The van der Waals surface area contributed by atoms with Crippen molar-refractivity contribution in [3.05, 3.63) is 29.3 Å². The molecule has 0 aliphatic carbocycles. The highest BCUT2D eigenvalue weighted by molar-refractivity contribution is 5.58. The second kappa shape index (κ2) is 7.89. The largest absolute Gasteiger partial charge is 0.416 e. The highest BCUT2D eigenvalue weighted by Crippen LogP contribution is 2.31. The van der Waals surface area contributed by atoms with Crippen LogP contribution in [0.2, 0.25) is 0 Å². The standard InChI is InChI=1S/C15H19F3N2O/c1-11(2)5-7-21-8-6-20-14-4-3-13(15(16,17)18)9-12(14)10-19/h3-4,9,11,20H,5-8H2,1-2H3. The van der Waals surface area contributed by atoms with Crippen LogP contribution in [0.5, 0.6) is 0 Å². The first-order valence-corrected chi connectivity index (χ1v) is 6.77. The molecule has 0 radical (unpaired) electrons. The lowest BCUT2D eigenvalue weighted by Crippen LogP contribution is -2.12. The Morgan fingerprint density at radius 1 is 1.29 bits per heavy atom. The predicted molar refractivity (Wildman–Crippen MR) is 74.9 cm³/mol. The van der Waals surface area contributed by atoms with Crippen LogP contribution in [0.4, 0.5) is 18.9 Å². The van der Waals surface area contributed by atoms with Crippen LogP contribution < -0.4 is 5.32 Å². The molecule has 0 aliphatic heterocycles. The van der Waals surface area contributed by atoms with Crippen LogP contribution in [0, 0.1) is 17.2 Å². The molecule has 0 bridgehead atoms. The molecule has 0 atom stereocenters. The zero-order valence-electron chi connectivity index (χ0n) is 12.1. The number of nitriles is 1. The third-order valence-corrected chi connectivity index (χ3v) is 2.87. The lowest BCUT2D eigenvalue weighted by Gasteiger charge is -2.12. The first-order valence-electron chi connectivity index (χ1n) is 6.77. The monoisotopic (exact) mass is 300 g/mol. The van der Waals surface area contributed by atoms with Crippen molar-refractivity contribution in [1.82, 2.24) is 0 Å². The third-order valence-electron chi connectivity index (χ3n) is 2.87. The summed E-state index contributed by atoms with van der Waals surface area (Å²) >= 11 is 0. The van der Waals surface area contributed by atoms with E-state index >= 15 is 0 Å². The lowest BCUT2D eigenvalue weighted by atomic mass is 10.1. The summed E-state index contributed by atoms with van der Waals surface area (Å²) in [6.45, 7) is 5.74. The quantitative estimate of drug-likeness (QED) is 0.773. The van der Waals surface area contributed by atoms with Gasteiger partial charge in [0, 0.05) is 13.2 Å². The summed E-state index contributed by atoms with van der Waals surface area (Å²) in [6, 6.07) is 4.86. The van der Waals surface area contributed by atoms with Gasteiger partial charge in [-0.2, -0.15) is 18.4 Å². The Kier molecular flexibility index (Phi) is 6.50. The zero-order valence-corrected chi connectivity index (χ0v) is 12.1. The Labute approximate surface area is 122 Å². The van der Waals surface area contributed by atoms with E-state index in [-0.39, 0.29) is 5.56 Å². The molecule has 116 valence electrons. The van der Waals surface area contributed by atoms with E-state index in [2.05, 4.69) is 19.2 Å². The number of ether oxygens (including phenoxy) is 1. The molecule has 0 heterocycles. The van der Waals surface area contributed by atoms with Gasteiger partial charge in [0.2, 0.25) is 0 Å². The molecular formula is C15H19F3N2O. The van der Waals surface area contributed by atoms with Gasteiger partial charge in [0.05, 0.1) is 23.4 Å². The molecule has 3 nitrogen and oxygen atoms in total. The van der Waals surface area contributed by atoms with Crippen LogP contribution >= 0.6 is 0 Å². The summed E-state index contributed by atoms with van der Waals surface area (Å²) < 4.78 is 43.0. The fourth-order valence-electron chi connectivity index (χ4n) is 1.65. The maximum atomic E-state index is 12.5. The third kappa shape index (κ3) is 6.05. The highest BCUT2D eigenvalue weighted by Gasteiger charge is 2.30. The number of nitrogens with zero attached hydrogens (tertiary/aromatic N) is 1. The van der Waals surface area contributed by atoms with Crippen molar-refractivity contribution in [3.8, 4) is 6.07 Å². The van der Waals surface area contributed by atoms with Crippen LogP contribution in [-0.4, -0.2) is 19.8 Å². The fraction of sp³-hybridized carbons (Fsp3) is 0.533. The molecular weight excluding hydrogens is 281 g/mol. The minimum absolute atomic E-state index is 0.0213. The van der Waals surface area contributed by atoms with Crippen LogP contribution in [0.1, 0.15) is 31.4 Å². The van der Waals surface area contributed by atoms with Gasteiger partial charge >= 0.3 is 6.18 Å². The van der Waals surface area contributed by atoms with Gasteiger partial charge < -0.3 is 10.1 Å². The SMILES string of the molecule is CC(C)CCOCCNc1ccc(C(F)(F)F)cc1C#N. The smallest absolute Gasteiger partial charge is 0.382 e. The van der Waals surface area contributed by atoms with Crippen LogP contribution in [-0.2, 0) is 10.9 Å². The number of rotatable bonds is 7. The lowest BCUT2D eigenvalue weighted by molar-refractivity contribution is -0.137. The molecule has 0 saturated heterocycles. The number of hydrogen-bond acceptors (Lipinski definition) is 3. The van der Waals surface area contributed by atoms with Crippen LogP contribution in [0.25, 0.3) is 0 Å². The van der Waals surface area contributed by atoms with E-state index in [1.165, 1.54) is 6.07 Å². The van der Waals surface area contributed by atoms with Crippen LogP contribution in [0.3, 0.4) is 0 Å². The van der Waals surface area contributed by atoms with Crippen LogP contribution in [0.15, 0.2) is 18.2 Å². The minimum Gasteiger partial charge on any atom is -0.382 e. The number of nitrogens with one attached hydrogen (secondary N) is 1. The van der Waals surface area contributed by atoms with Crippen molar-refractivity contribution >= 4 is 5.69 Å². The Bertz CT molecular complexity index is 493. The zero-order chi connectivity index (χ0) is 15.9. The van der Waals surface area contributed by atoms with E-state index < -0.39 is 11.7 Å². The van der Waals surface area contributed by atoms with E-state index in [0.717, 1.165) is 18.6 Å². The molecule has 0 aliphatic rings. The summed E-state index contributed by atoms with van der Waals surface area (Å²) in [5.41, 5.74) is -0.456. The molecule has 0 amide bonds. The van der Waals surface area contributed by atoms with E-state index in [9.17, 15) is 13.2 Å². The number of alkyl halides is 3. The second-order valence-corrected chi connectivity index (χ2v) is 5.09. The summed E-state index contributed by atoms with van der Waals surface area (Å²) in [6.07, 6.45) is -3.48. The maximum Gasteiger partial charge on any atom is 0.416 e. The predicted octanol–water partition coefficient (Wildman–Crippen LogP) is 4.05. The van der Waals surface area contributed by atoms with Crippen molar-refractivity contribution < 1.29 is 17.9 Å². The van der Waals surface area contributed by atoms with Crippen molar-refractivity contribution in [3.63, 3.8) is 0 Å². The molecule has 0 aromatic heterocycles. The molecule has 1 rings (SSSR count). The number of benzene rings is 1. The second-order valence-electron chi connectivity index (χ2n) is 5.09. The van der Waals surface area contributed by atoms with E-state index in [1.54, 1.807) is 6.07 Å². The highest BCUT2D eigenvalue weighted by atomic mass is 19.4. The van der Waals surface area contributed by atoms with Crippen molar-refractivity contribution in [2.75, 3.05) is 25.1 Å².